The molecule has 1 aliphatic heterocycles. The van der Waals surface area contributed by atoms with E-state index < -0.39 is 5.60 Å². The third-order valence-corrected chi connectivity index (χ3v) is 3.49. The molecule has 0 aromatic heterocycles. The predicted octanol–water partition coefficient (Wildman–Crippen LogP) is 2.21. The van der Waals surface area contributed by atoms with Gasteiger partial charge in [-0.05, 0) is 46.0 Å². The molecule has 0 saturated carbocycles. The minimum Gasteiger partial charge on any atom is -0.444 e. The smallest absolute Gasteiger partial charge is 0.410 e. The topological polar surface area (TPSA) is 66.0 Å². The number of amides is 1. The first-order chi connectivity index (χ1) is 10.4. The number of hydrogen-bond donors (Lipinski definition) is 2. The summed E-state index contributed by atoms with van der Waals surface area (Å²) in [7, 11) is 1.78. The number of piperidine rings is 1. The van der Waals surface area contributed by atoms with Crippen LogP contribution >= 0.6 is 0 Å². The summed E-state index contributed by atoms with van der Waals surface area (Å²) in [5.74, 6) is 1.26. The second kappa shape index (κ2) is 8.86. The highest BCUT2D eigenvalue weighted by molar-refractivity contribution is 5.79. The Labute approximate surface area is 134 Å². The molecule has 1 fully saturated rings. The first-order valence-corrected chi connectivity index (χ1v) is 8.28. The van der Waals surface area contributed by atoms with Crippen molar-refractivity contribution in [2.75, 3.05) is 33.2 Å². The maximum Gasteiger partial charge on any atom is 0.410 e. The molecule has 0 aliphatic carbocycles. The molecule has 0 spiro atoms. The molecule has 1 unspecified atom stereocenters. The van der Waals surface area contributed by atoms with Crippen LogP contribution in [-0.4, -0.2) is 55.8 Å². The van der Waals surface area contributed by atoms with Gasteiger partial charge in [-0.3, -0.25) is 4.99 Å². The summed E-state index contributed by atoms with van der Waals surface area (Å²) in [5.41, 5.74) is -0.436. The van der Waals surface area contributed by atoms with Gasteiger partial charge < -0.3 is 20.3 Å². The summed E-state index contributed by atoms with van der Waals surface area (Å²) in [5, 5.41) is 6.60. The van der Waals surface area contributed by atoms with Gasteiger partial charge in [0.1, 0.15) is 5.60 Å². The Morgan fingerprint density at radius 3 is 2.68 bits per heavy atom. The van der Waals surface area contributed by atoms with Crippen LogP contribution in [0.5, 0.6) is 0 Å². The van der Waals surface area contributed by atoms with Crippen molar-refractivity contribution in [2.24, 2.45) is 10.9 Å². The van der Waals surface area contributed by atoms with E-state index in [2.05, 4.69) is 22.5 Å². The minimum atomic E-state index is -0.436. The van der Waals surface area contributed by atoms with Gasteiger partial charge in [-0.25, -0.2) is 4.79 Å². The highest BCUT2D eigenvalue weighted by atomic mass is 16.6. The normalized spacial score (nSPS) is 19.8. The van der Waals surface area contributed by atoms with Crippen LogP contribution in [0.2, 0.25) is 0 Å². The highest BCUT2D eigenvalue weighted by Crippen LogP contribution is 2.18. The van der Waals surface area contributed by atoms with E-state index in [1.807, 2.05) is 25.7 Å². The molecule has 1 saturated heterocycles. The molecule has 1 amide bonds. The van der Waals surface area contributed by atoms with Crippen LogP contribution in [0.1, 0.15) is 47.0 Å². The fourth-order valence-corrected chi connectivity index (χ4v) is 2.43. The molecule has 6 heteroatoms. The number of likely N-dealkylation sites (tertiary alicyclic amines) is 1. The zero-order valence-corrected chi connectivity index (χ0v) is 14.7. The van der Waals surface area contributed by atoms with Gasteiger partial charge in [-0.1, -0.05) is 6.92 Å². The number of nitrogens with zero attached hydrogens (tertiary/aromatic N) is 2. The molecule has 1 atom stereocenters. The van der Waals surface area contributed by atoms with Crippen LogP contribution in [0.3, 0.4) is 0 Å². The van der Waals surface area contributed by atoms with E-state index in [-0.39, 0.29) is 6.09 Å². The largest absolute Gasteiger partial charge is 0.444 e. The van der Waals surface area contributed by atoms with Gasteiger partial charge in [0.05, 0.1) is 0 Å². The number of carbonyl (C=O) groups excluding carboxylic acids is 1. The van der Waals surface area contributed by atoms with Gasteiger partial charge in [-0.15, -0.1) is 0 Å². The first-order valence-electron chi connectivity index (χ1n) is 8.28. The van der Waals surface area contributed by atoms with Gasteiger partial charge in [0.15, 0.2) is 5.96 Å². The predicted molar refractivity (Wildman–Crippen MR) is 90.2 cm³/mol. The average Bonchev–Trinajstić information content (AvgIpc) is 2.46. The summed E-state index contributed by atoms with van der Waals surface area (Å²) >= 11 is 0. The second-order valence-corrected chi connectivity index (χ2v) is 6.81. The number of nitrogens with one attached hydrogen (secondary N) is 2. The Balaban J connectivity index is 2.41. The lowest BCUT2D eigenvalue weighted by atomic mass is 9.98. The quantitative estimate of drug-likeness (QED) is 0.617. The SMILES string of the molecule is CCCNC(=NC)NCC1CCCN(C(=O)OC(C)(C)C)C1. The van der Waals surface area contributed by atoms with Crippen molar-refractivity contribution in [3.05, 3.63) is 0 Å². The molecule has 1 heterocycles. The maximum atomic E-state index is 12.1. The van der Waals surface area contributed by atoms with Gasteiger partial charge >= 0.3 is 6.09 Å². The number of hydrogen-bond acceptors (Lipinski definition) is 3. The molecule has 0 bridgehead atoms. The molecule has 1 aliphatic rings. The van der Waals surface area contributed by atoms with E-state index in [9.17, 15) is 4.79 Å². The van der Waals surface area contributed by atoms with Crippen LogP contribution in [0.15, 0.2) is 4.99 Å². The second-order valence-electron chi connectivity index (χ2n) is 6.81. The van der Waals surface area contributed by atoms with Crippen LogP contribution in [0.4, 0.5) is 4.79 Å². The minimum absolute atomic E-state index is 0.203. The van der Waals surface area contributed by atoms with Crippen molar-refractivity contribution in [3.63, 3.8) is 0 Å². The van der Waals surface area contributed by atoms with E-state index in [1.165, 1.54) is 0 Å². The third-order valence-electron chi connectivity index (χ3n) is 3.49. The van der Waals surface area contributed by atoms with E-state index >= 15 is 0 Å². The summed E-state index contributed by atoms with van der Waals surface area (Å²) in [6.07, 6.45) is 3.01. The Kier molecular flexibility index (Phi) is 7.48. The van der Waals surface area contributed by atoms with Crippen molar-refractivity contribution in [1.82, 2.24) is 15.5 Å². The van der Waals surface area contributed by atoms with Crippen LogP contribution in [0.25, 0.3) is 0 Å². The Morgan fingerprint density at radius 1 is 1.36 bits per heavy atom. The lowest BCUT2D eigenvalue weighted by molar-refractivity contribution is 0.0168. The fourth-order valence-electron chi connectivity index (χ4n) is 2.43. The Hall–Kier alpha value is -1.46. The van der Waals surface area contributed by atoms with Crippen molar-refractivity contribution in [3.8, 4) is 0 Å². The number of aliphatic imine (C=N–C) groups is 1. The molecule has 128 valence electrons. The molecule has 0 aromatic carbocycles. The first kappa shape index (κ1) is 18.6. The van der Waals surface area contributed by atoms with E-state index in [0.717, 1.165) is 51.4 Å². The van der Waals surface area contributed by atoms with Gasteiger partial charge in [0.25, 0.3) is 0 Å². The molecular formula is C16H32N4O2. The Bertz CT molecular complexity index is 377. The molecule has 22 heavy (non-hydrogen) atoms. The third kappa shape index (κ3) is 7.00. The van der Waals surface area contributed by atoms with Gasteiger partial charge in [0, 0.05) is 33.2 Å². The fraction of sp³-hybridized carbons (Fsp3) is 0.875. The molecule has 1 rings (SSSR count). The van der Waals surface area contributed by atoms with E-state index in [0.29, 0.717) is 5.92 Å². The van der Waals surface area contributed by atoms with Crippen LogP contribution in [-0.2, 0) is 4.74 Å². The summed E-state index contributed by atoms with van der Waals surface area (Å²) < 4.78 is 5.46. The summed E-state index contributed by atoms with van der Waals surface area (Å²) in [4.78, 5) is 18.2. The summed E-state index contributed by atoms with van der Waals surface area (Å²) in [6, 6.07) is 0. The molecule has 0 aromatic rings. The summed E-state index contributed by atoms with van der Waals surface area (Å²) in [6.45, 7) is 11.1. The van der Waals surface area contributed by atoms with Crippen LogP contribution in [0, 0.1) is 5.92 Å². The molecule has 2 N–H and O–H groups in total. The van der Waals surface area contributed by atoms with Gasteiger partial charge in [0.2, 0.25) is 0 Å². The molecular weight excluding hydrogens is 280 g/mol. The van der Waals surface area contributed by atoms with E-state index in [4.69, 9.17) is 4.74 Å². The lowest BCUT2D eigenvalue weighted by Gasteiger charge is -2.34. The number of rotatable bonds is 4. The lowest BCUT2D eigenvalue weighted by Crippen LogP contribution is -2.47. The number of guanidine groups is 1. The number of ether oxygens (including phenoxy) is 1. The van der Waals surface area contributed by atoms with Crippen molar-refractivity contribution in [1.29, 1.82) is 0 Å². The van der Waals surface area contributed by atoms with Crippen molar-refractivity contribution < 1.29 is 9.53 Å². The van der Waals surface area contributed by atoms with E-state index in [1.54, 1.807) is 7.05 Å². The molecule has 0 radical (unpaired) electrons. The highest BCUT2D eigenvalue weighted by Gasteiger charge is 2.27. The monoisotopic (exact) mass is 312 g/mol. The van der Waals surface area contributed by atoms with Crippen LogP contribution < -0.4 is 10.6 Å². The zero-order valence-electron chi connectivity index (χ0n) is 14.7. The Morgan fingerprint density at radius 2 is 2.09 bits per heavy atom. The zero-order chi connectivity index (χ0) is 16.6. The van der Waals surface area contributed by atoms with Crippen molar-refractivity contribution >= 4 is 12.1 Å². The standard InChI is InChI=1S/C16H32N4O2/c1-6-9-18-14(17-5)19-11-13-8-7-10-20(12-13)15(21)22-16(2,3)4/h13H,6-12H2,1-5H3,(H2,17,18,19). The maximum absolute atomic E-state index is 12.1. The average molecular weight is 312 g/mol. The van der Waals surface area contributed by atoms with Crippen molar-refractivity contribution in [2.45, 2.75) is 52.6 Å². The molecule has 6 nitrogen and oxygen atoms in total. The number of carbonyl (C=O) groups is 1. The van der Waals surface area contributed by atoms with Gasteiger partial charge in [-0.2, -0.15) is 0 Å².